The summed E-state index contributed by atoms with van der Waals surface area (Å²) in [6, 6.07) is 11.1. The van der Waals surface area contributed by atoms with Crippen LogP contribution in [-0.2, 0) is 11.2 Å². The number of anilines is 1. The standard InChI is InChI=1S/C24H27N5O3/c1-32-20-7-5-19(6-8-20)29-24(25)21(15-27-29)23(31)18-3-2-14-28(16-18)22(30)9-4-17-10-12-26-13-11-17/h5-8,10-13,15,18H,2-4,9,14,16,25H2,1H3/t18-/m0/s1. The molecule has 1 atom stereocenters. The fraction of sp³-hybridized carbons (Fsp3) is 0.333. The number of carbonyl (C=O) groups is 2. The summed E-state index contributed by atoms with van der Waals surface area (Å²) in [6.07, 6.45) is 7.59. The van der Waals surface area contributed by atoms with Crippen molar-refractivity contribution in [3.63, 3.8) is 0 Å². The van der Waals surface area contributed by atoms with Crippen LogP contribution in [0.25, 0.3) is 5.69 Å². The largest absolute Gasteiger partial charge is 0.497 e. The average Bonchev–Trinajstić information content (AvgIpc) is 3.24. The van der Waals surface area contributed by atoms with E-state index >= 15 is 0 Å². The Kier molecular flexibility index (Phi) is 6.49. The lowest BCUT2D eigenvalue weighted by atomic mass is 9.90. The van der Waals surface area contributed by atoms with Crippen LogP contribution in [0.2, 0.25) is 0 Å². The lowest BCUT2D eigenvalue weighted by molar-refractivity contribution is -0.132. The van der Waals surface area contributed by atoms with Gasteiger partial charge in [0.15, 0.2) is 5.78 Å². The molecule has 2 aromatic heterocycles. The quantitative estimate of drug-likeness (QED) is 0.575. The maximum atomic E-state index is 13.2. The maximum absolute atomic E-state index is 13.2. The number of ketones is 1. The molecule has 1 fully saturated rings. The lowest BCUT2D eigenvalue weighted by Crippen LogP contribution is -2.42. The highest BCUT2D eigenvalue weighted by molar-refractivity contribution is 6.02. The first-order valence-corrected chi connectivity index (χ1v) is 10.8. The van der Waals surface area contributed by atoms with Gasteiger partial charge < -0.3 is 15.4 Å². The van der Waals surface area contributed by atoms with Gasteiger partial charge in [-0.3, -0.25) is 14.6 Å². The number of piperidine rings is 1. The van der Waals surface area contributed by atoms with Crippen molar-refractivity contribution in [3.05, 3.63) is 66.1 Å². The van der Waals surface area contributed by atoms with Gasteiger partial charge in [0.05, 0.1) is 24.6 Å². The molecule has 1 aliphatic heterocycles. The predicted octanol–water partition coefficient (Wildman–Crippen LogP) is 2.91. The molecule has 3 aromatic rings. The van der Waals surface area contributed by atoms with Crippen LogP contribution in [0.1, 0.15) is 35.2 Å². The number of benzene rings is 1. The van der Waals surface area contributed by atoms with Crippen LogP contribution in [0.5, 0.6) is 5.75 Å². The number of hydrogen-bond donors (Lipinski definition) is 1. The highest BCUT2D eigenvalue weighted by atomic mass is 16.5. The summed E-state index contributed by atoms with van der Waals surface area (Å²) in [5, 5.41) is 4.32. The van der Waals surface area contributed by atoms with E-state index in [0.717, 1.165) is 29.8 Å². The van der Waals surface area contributed by atoms with Gasteiger partial charge >= 0.3 is 0 Å². The van der Waals surface area contributed by atoms with Crippen molar-refractivity contribution in [1.82, 2.24) is 19.7 Å². The van der Waals surface area contributed by atoms with E-state index in [2.05, 4.69) is 10.1 Å². The fourth-order valence-corrected chi connectivity index (χ4v) is 4.07. The highest BCUT2D eigenvalue weighted by Crippen LogP contribution is 2.26. The zero-order chi connectivity index (χ0) is 22.5. The van der Waals surface area contributed by atoms with Crippen LogP contribution < -0.4 is 10.5 Å². The van der Waals surface area contributed by atoms with Crippen molar-refractivity contribution >= 4 is 17.5 Å². The summed E-state index contributed by atoms with van der Waals surface area (Å²) >= 11 is 0. The fourth-order valence-electron chi connectivity index (χ4n) is 4.07. The Labute approximate surface area is 187 Å². The molecule has 3 heterocycles. The predicted molar refractivity (Wildman–Crippen MR) is 121 cm³/mol. The minimum absolute atomic E-state index is 0.0612. The van der Waals surface area contributed by atoms with Gasteiger partial charge in [0, 0.05) is 37.8 Å². The minimum atomic E-state index is -0.274. The number of amides is 1. The Morgan fingerprint density at radius 2 is 1.91 bits per heavy atom. The van der Waals surface area contributed by atoms with Crippen molar-refractivity contribution < 1.29 is 14.3 Å². The first-order valence-electron chi connectivity index (χ1n) is 10.8. The number of methoxy groups -OCH3 is 1. The Bertz CT molecular complexity index is 1080. The number of hydrogen-bond acceptors (Lipinski definition) is 6. The molecule has 1 aliphatic rings. The first-order chi connectivity index (χ1) is 15.6. The van der Waals surface area contributed by atoms with E-state index in [-0.39, 0.29) is 17.6 Å². The summed E-state index contributed by atoms with van der Waals surface area (Å²) in [5.41, 5.74) is 8.51. The second-order valence-corrected chi connectivity index (χ2v) is 7.95. The van der Waals surface area contributed by atoms with E-state index in [9.17, 15) is 9.59 Å². The van der Waals surface area contributed by atoms with Gasteiger partial charge in [-0.1, -0.05) is 0 Å². The molecular formula is C24H27N5O3. The van der Waals surface area contributed by atoms with Crippen LogP contribution in [0.15, 0.2) is 55.0 Å². The molecule has 0 spiro atoms. The van der Waals surface area contributed by atoms with E-state index in [1.807, 2.05) is 36.4 Å². The number of rotatable bonds is 7. The number of nitrogen functional groups attached to an aromatic ring is 1. The topological polar surface area (TPSA) is 103 Å². The Balaban J connectivity index is 1.41. The third kappa shape index (κ3) is 4.64. The van der Waals surface area contributed by atoms with Crippen LogP contribution in [0.3, 0.4) is 0 Å². The van der Waals surface area contributed by atoms with Crippen molar-refractivity contribution in [1.29, 1.82) is 0 Å². The molecule has 1 aromatic carbocycles. The van der Waals surface area contributed by atoms with Gasteiger partial charge in [0.2, 0.25) is 5.91 Å². The number of ether oxygens (including phenoxy) is 1. The van der Waals surface area contributed by atoms with E-state index in [0.29, 0.717) is 37.3 Å². The van der Waals surface area contributed by atoms with Crippen molar-refractivity contribution in [2.45, 2.75) is 25.7 Å². The van der Waals surface area contributed by atoms with E-state index in [1.165, 1.54) is 6.20 Å². The molecule has 8 heteroatoms. The molecule has 8 nitrogen and oxygen atoms in total. The summed E-state index contributed by atoms with van der Waals surface area (Å²) in [7, 11) is 1.60. The minimum Gasteiger partial charge on any atom is -0.497 e. The van der Waals surface area contributed by atoms with Gasteiger partial charge in [-0.05, 0) is 61.2 Å². The van der Waals surface area contributed by atoms with E-state index in [4.69, 9.17) is 10.5 Å². The molecule has 0 bridgehead atoms. The summed E-state index contributed by atoms with van der Waals surface area (Å²) in [6.45, 7) is 1.10. The van der Waals surface area contributed by atoms with E-state index in [1.54, 1.807) is 29.1 Å². The number of pyridine rings is 1. The normalized spacial score (nSPS) is 16.0. The number of likely N-dealkylation sites (tertiary alicyclic amines) is 1. The van der Waals surface area contributed by atoms with Crippen LogP contribution >= 0.6 is 0 Å². The maximum Gasteiger partial charge on any atom is 0.222 e. The second kappa shape index (κ2) is 9.64. The molecule has 4 rings (SSSR count). The lowest BCUT2D eigenvalue weighted by Gasteiger charge is -2.32. The van der Waals surface area contributed by atoms with Crippen LogP contribution in [-0.4, -0.2) is 51.6 Å². The smallest absolute Gasteiger partial charge is 0.222 e. The monoisotopic (exact) mass is 433 g/mol. The highest BCUT2D eigenvalue weighted by Gasteiger charge is 2.31. The molecule has 0 radical (unpaired) electrons. The third-order valence-corrected chi connectivity index (χ3v) is 5.91. The SMILES string of the molecule is COc1ccc(-n2ncc(C(=O)[C@H]3CCCN(C(=O)CCc4ccncc4)C3)c2N)cc1. The number of aromatic nitrogens is 3. The zero-order valence-electron chi connectivity index (χ0n) is 18.1. The molecule has 0 unspecified atom stereocenters. The van der Waals surface area contributed by atoms with Crippen molar-refractivity contribution in [2.75, 3.05) is 25.9 Å². The molecular weight excluding hydrogens is 406 g/mol. The average molecular weight is 434 g/mol. The summed E-state index contributed by atoms with van der Waals surface area (Å²) in [4.78, 5) is 31.8. The molecule has 2 N–H and O–H groups in total. The van der Waals surface area contributed by atoms with Gasteiger partial charge in [-0.25, -0.2) is 4.68 Å². The van der Waals surface area contributed by atoms with Crippen LogP contribution in [0.4, 0.5) is 5.82 Å². The second-order valence-electron chi connectivity index (χ2n) is 7.95. The van der Waals surface area contributed by atoms with E-state index < -0.39 is 0 Å². The van der Waals surface area contributed by atoms with Crippen molar-refractivity contribution in [2.24, 2.45) is 5.92 Å². The molecule has 0 aliphatic carbocycles. The molecule has 166 valence electrons. The first kappa shape index (κ1) is 21.5. The van der Waals surface area contributed by atoms with Crippen LogP contribution in [0, 0.1) is 5.92 Å². The Hall–Kier alpha value is -3.68. The van der Waals surface area contributed by atoms with Gasteiger partial charge in [-0.2, -0.15) is 5.10 Å². The molecule has 1 amide bonds. The van der Waals surface area contributed by atoms with Crippen molar-refractivity contribution in [3.8, 4) is 11.4 Å². The third-order valence-electron chi connectivity index (χ3n) is 5.91. The Morgan fingerprint density at radius 3 is 2.62 bits per heavy atom. The Morgan fingerprint density at radius 1 is 1.16 bits per heavy atom. The summed E-state index contributed by atoms with van der Waals surface area (Å²) in [5.74, 6) is 0.771. The van der Waals surface area contributed by atoms with Gasteiger partial charge in [0.25, 0.3) is 0 Å². The number of Topliss-reactive ketones (excluding diaryl/α,β-unsaturated/α-hetero) is 1. The molecule has 1 saturated heterocycles. The summed E-state index contributed by atoms with van der Waals surface area (Å²) < 4.78 is 6.73. The number of aryl methyl sites for hydroxylation is 1. The number of carbonyl (C=O) groups excluding carboxylic acids is 2. The molecule has 0 saturated carbocycles. The van der Waals surface area contributed by atoms with Gasteiger partial charge in [-0.15, -0.1) is 0 Å². The number of nitrogens with zero attached hydrogens (tertiary/aromatic N) is 4. The zero-order valence-corrected chi connectivity index (χ0v) is 18.1. The number of nitrogens with two attached hydrogens (primary N) is 1. The van der Waals surface area contributed by atoms with Gasteiger partial charge in [0.1, 0.15) is 11.6 Å². The molecule has 32 heavy (non-hydrogen) atoms.